The minimum absolute atomic E-state index is 0.230. The summed E-state index contributed by atoms with van der Waals surface area (Å²) in [5.41, 5.74) is 5.78. The lowest BCUT2D eigenvalue weighted by Crippen LogP contribution is -2.51. The van der Waals surface area contributed by atoms with Crippen molar-refractivity contribution in [2.45, 2.75) is 13.0 Å². The number of rotatable bonds is 4. The lowest BCUT2D eigenvalue weighted by atomic mass is 10.1. The third-order valence-corrected chi connectivity index (χ3v) is 7.05. The minimum atomic E-state index is 0.230. The Morgan fingerprint density at radius 2 is 1.95 bits per heavy atom. The first kappa shape index (κ1) is 21.9. The number of ether oxygens (including phenoxy) is 3. The maximum atomic E-state index is 6.26. The molecule has 7 rings (SSSR count). The molecular weight excluding hydrogens is 468 g/mol. The molecule has 9 heteroatoms. The number of nitrogens with one attached hydrogen (secondary N) is 1. The van der Waals surface area contributed by atoms with Crippen molar-refractivity contribution >= 4 is 39.1 Å². The zero-order valence-corrected chi connectivity index (χ0v) is 20.6. The third kappa shape index (κ3) is 3.79. The molecular formula is C28H26N6O3. The highest BCUT2D eigenvalue weighted by Gasteiger charge is 2.32. The Hall–Kier alpha value is -4.37. The van der Waals surface area contributed by atoms with E-state index in [0.29, 0.717) is 25.6 Å². The second-order valence-electron chi connectivity index (χ2n) is 9.48. The maximum Gasteiger partial charge on any atom is 0.155 e. The molecule has 2 aliphatic heterocycles. The molecule has 9 nitrogen and oxygen atoms in total. The van der Waals surface area contributed by atoms with Crippen LogP contribution >= 0.6 is 0 Å². The molecule has 2 aliphatic rings. The van der Waals surface area contributed by atoms with Crippen LogP contribution in [-0.4, -0.2) is 51.9 Å². The van der Waals surface area contributed by atoms with Crippen LogP contribution in [-0.2, 0) is 11.8 Å². The zero-order valence-electron chi connectivity index (χ0n) is 20.6. The maximum absolute atomic E-state index is 6.26. The van der Waals surface area contributed by atoms with Crippen LogP contribution in [0.4, 0.5) is 17.2 Å². The summed E-state index contributed by atoms with van der Waals surface area (Å²) in [6.45, 7) is 4.85. The number of hydrogen-bond acceptors (Lipinski definition) is 8. The van der Waals surface area contributed by atoms with Crippen molar-refractivity contribution in [2.24, 2.45) is 7.05 Å². The molecule has 0 radical (unpaired) electrons. The summed E-state index contributed by atoms with van der Waals surface area (Å²) < 4.78 is 20.1. The van der Waals surface area contributed by atoms with Crippen LogP contribution in [0.15, 0.2) is 61.2 Å². The highest BCUT2D eigenvalue weighted by Crippen LogP contribution is 2.43. The third-order valence-electron chi connectivity index (χ3n) is 7.05. The Morgan fingerprint density at radius 3 is 2.86 bits per heavy atom. The van der Waals surface area contributed by atoms with Gasteiger partial charge in [-0.1, -0.05) is 0 Å². The Labute approximate surface area is 213 Å². The van der Waals surface area contributed by atoms with Crippen molar-refractivity contribution in [1.29, 1.82) is 0 Å². The molecule has 4 heterocycles. The number of hydrogen-bond donors (Lipinski definition) is 1. The standard InChI is InChI=1S/C28H26N6O3/c1-17-11-18(3-8-25(17)37-20-4-6-23-22(12-20)31-16-33(23)2)32-28-26-21(29-15-30-28)5-7-24-27(26)36-14-19-13-35-10-9-34(19)24/h3-8,11-12,15-16,19H,9-10,13-14H2,1-2H3,(H,29,30,32)/t19-/m1/s1. The van der Waals surface area contributed by atoms with Crippen LogP contribution in [0.25, 0.3) is 21.9 Å². The molecule has 0 amide bonds. The molecule has 2 aromatic heterocycles. The lowest BCUT2D eigenvalue weighted by molar-refractivity contribution is 0.0709. The lowest BCUT2D eigenvalue weighted by Gasteiger charge is -2.41. The number of aromatic nitrogens is 4. The number of aryl methyl sites for hydroxylation is 2. The average Bonchev–Trinajstić information content (AvgIpc) is 3.29. The number of imidazole rings is 1. The minimum Gasteiger partial charge on any atom is -0.488 e. The van der Waals surface area contributed by atoms with E-state index >= 15 is 0 Å². The predicted molar refractivity (Wildman–Crippen MR) is 142 cm³/mol. The van der Waals surface area contributed by atoms with E-state index in [1.54, 1.807) is 12.7 Å². The van der Waals surface area contributed by atoms with Gasteiger partial charge in [-0.3, -0.25) is 0 Å². The summed E-state index contributed by atoms with van der Waals surface area (Å²) in [5, 5.41) is 4.37. The van der Waals surface area contributed by atoms with Gasteiger partial charge in [0.25, 0.3) is 0 Å². The molecule has 1 N–H and O–H groups in total. The summed E-state index contributed by atoms with van der Waals surface area (Å²) in [7, 11) is 1.98. The number of fused-ring (bicyclic) bond motifs is 6. The zero-order chi connectivity index (χ0) is 24.9. The van der Waals surface area contributed by atoms with Gasteiger partial charge in [0.2, 0.25) is 0 Å². The van der Waals surface area contributed by atoms with Gasteiger partial charge in [-0.25, -0.2) is 15.0 Å². The molecule has 0 spiro atoms. The quantitative estimate of drug-likeness (QED) is 0.375. The molecule has 1 atom stereocenters. The normalized spacial score (nSPS) is 16.8. The van der Waals surface area contributed by atoms with Gasteiger partial charge in [-0.15, -0.1) is 0 Å². The SMILES string of the molecule is Cc1cc(Nc2ncnc3ccc4c(c23)OC[C@H]2COCCN42)ccc1Oc1ccc2c(c1)ncn2C. The van der Waals surface area contributed by atoms with E-state index in [1.165, 1.54) is 0 Å². The van der Waals surface area contributed by atoms with E-state index in [-0.39, 0.29) is 6.04 Å². The highest BCUT2D eigenvalue weighted by atomic mass is 16.5. The second kappa shape index (κ2) is 8.63. The topological polar surface area (TPSA) is 86.6 Å². The van der Waals surface area contributed by atoms with Crippen molar-refractivity contribution in [3.8, 4) is 17.2 Å². The van der Waals surface area contributed by atoms with Crippen LogP contribution in [0.1, 0.15) is 5.56 Å². The summed E-state index contributed by atoms with van der Waals surface area (Å²) in [5.74, 6) is 3.07. The molecule has 5 aromatic rings. The van der Waals surface area contributed by atoms with Crippen LogP contribution in [0.2, 0.25) is 0 Å². The molecule has 0 bridgehead atoms. The summed E-state index contributed by atoms with van der Waals surface area (Å²) in [4.78, 5) is 15.9. The van der Waals surface area contributed by atoms with Crippen LogP contribution in [0, 0.1) is 6.92 Å². The molecule has 186 valence electrons. The van der Waals surface area contributed by atoms with Crippen molar-refractivity contribution < 1.29 is 14.2 Å². The fraction of sp³-hybridized carbons (Fsp3) is 0.250. The Balaban J connectivity index is 1.19. The number of benzene rings is 3. The Bertz CT molecular complexity index is 1650. The monoisotopic (exact) mass is 494 g/mol. The van der Waals surface area contributed by atoms with Gasteiger partial charge in [-0.2, -0.15) is 0 Å². The largest absolute Gasteiger partial charge is 0.488 e. The van der Waals surface area contributed by atoms with E-state index in [9.17, 15) is 0 Å². The van der Waals surface area contributed by atoms with E-state index < -0.39 is 0 Å². The van der Waals surface area contributed by atoms with Gasteiger partial charge in [0.05, 0.1) is 53.2 Å². The molecule has 3 aromatic carbocycles. The van der Waals surface area contributed by atoms with Crippen molar-refractivity contribution in [3.05, 3.63) is 66.7 Å². The van der Waals surface area contributed by atoms with Gasteiger partial charge < -0.3 is 29.0 Å². The highest BCUT2D eigenvalue weighted by molar-refractivity contribution is 6.00. The van der Waals surface area contributed by atoms with Gasteiger partial charge >= 0.3 is 0 Å². The average molecular weight is 495 g/mol. The summed E-state index contributed by atoms with van der Waals surface area (Å²) >= 11 is 0. The number of morpholine rings is 1. The smallest absolute Gasteiger partial charge is 0.155 e. The number of anilines is 3. The molecule has 0 saturated carbocycles. The van der Waals surface area contributed by atoms with Crippen LogP contribution < -0.4 is 19.7 Å². The van der Waals surface area contributed by atoms with Crippen molar-refractivity contribution in [1.82, 2.24) is 19.5 Å². The van der Waals surface area contributed by atoms with Gasteiger partial charge in [0, 0.05) is 25.3 Å². The van der Waals surface area contributed by atoms with E-state index in [0.717, 1.165) is 62.7 Å². The van der Waals surface area contributed by atoms with Gasteiger partial charge in [-0.05, 0) is 55.0 Å². The van der Waals surface area contributed by atoms with Gasteiger partial charge in [0.15, 0.2) is 5.75 Å². The molecule has 0 aliphatic carbocycles. The van der Waals surface area contributed by atoms with Crippen LogP contribution in [0.5, 0.6) is 17.2 Å². The van der Waals surface area contributed by atoms with Gasteiger partial charge in [0.1, 0.15) is 30.3 Å². The fourth-order valence-corrected chi connectivity index (χ4v) is 5.15. The first-order chi connectivity index (χ1) is 18.1. The Morgan fingerprint density at radius 1 is 1.00 bits per heavy atom. The molecule has 0 unspecified atom stereocenters. The summed E-state index contributed by atoms with van der Waals surface area (Å²) in [6.07, 6.45) is 3.38. The first-order valence-electron chi connectivity index (χ1n) is 12.4. The van der Waals surface area contributed by atoms with E-state index in [4.69, 9.17) is 14.2 Å². The second-order valence-corrected chi connectivity index (χ2v) is 9.48. The molecule has 37 heavy (non-hydrogen) atoms. The van der Waals surface area contributed by atoms with Crippen molar-refractivity contribution in [3.63, 3.8) is 0 Å². The van der Waals surface area contributed by atoms with Crippen molar-refractivity contribution in [2.75, 3.05) is 36.6 Å². The first-order valence-corrected chi connectivity index (χ1v) is 12.4. The Kier molecular flexibility index (Phi) is 5.10. The van der Waals surface area contributed by atoms with Crippen LogP contribution in [0.3, 0.4) is 0 Å². The van der Waals surface area contributed by atoms with E-state index in [2.05, 4.69) is 37.3 Å². The van der Waals surface area contributed by atoms with E-state index in [1.807, 2.05) is 54.9 Å². The molecule has 1 fully saturated rings. The predicted octanol–water partition coefficient (Wildman–Crippen LogP) is 4.96. The summed E-state index contributed by atoms with van der Waals surface area (Å²) in [6, 6.07) is 16.3. The molecule has 1 saturated heterocycles. The number of nitrogens with zero attached hydrogens (tertiary/aromatic N) is 5. The fourth-order valence-electron chi connectivity index (χ4n) is 5.15.